The Bertz CT molecular complexity index is 544. The van der Waals surface area contributed by atoms with E-state index in [9.17, 15) is 9.59 Å². The summed E-state index contributed by atoms with van der Waals surface area (Å²) < 4.78 is 0. The Hall–Kier alpha value is -1.30. The van der Waals surface area contributed by atoms with Crippen molar-refractivity contribution in [1.29, 1.82) is 0 Å². The van der Waals surface area contributed by atoms with Crippen molar-refractivity contribution < 1.29 is 9.59 Å². The number of rotatable bonds is 7. The Balaban J connectivity index is 2.65. The molecule has 128 valence electrons. The van der Waals surface area contributed by atoms with Crippen molar-refractivity contribution in [1.82, 2.24) is 9.80 Å². The summed E-state index contributed by atoms with van der Waals surface area (Å²) in [4.78, 5) is 27.7. The van der Waals surface area contributed by atoms with Crippen molar-refractivity contribution in [3.8, 4) is 0 Å². The molecule has 0 saturated heterocycles. The predicted octanol–water partition coefficient (Wildman–Crippen LogP) is 3.12. The molecule has 0 heterocycles. The molecule has 1 N–H and O–H groups in total. The summed E-state index contributed by atoms with van der Waals surface area (Å²) in [6.45, 7) is 6.66. The lowest BCUT2D eigenvalue weighted by Gasteiger charge is -2.26. The Morgan fingerprint density at radius 2 is 1.74 bits per heavy atom. The van der Waals surface area contributed by atoms with Gasteiger partial charge in [-0.1, -0.05) is 36.2 Å². The first kappa shape index (κ1) is 19.7. The van der Waals surface area contributed by atoms with Gasteiger partial charge in [-0.25, -0.2) is 0 Å². The maximum absolute atomic E-state index is 12.2. The van der Waals surface area contributed by atoms with Gasteiger partial charge in [0.1, 0.15) is 0 Å². The van der Waals surface area contributed by atoms with Crippen LogP contribution in [-0.2, 0) is 9.59 Å². The average molecular weight is 360 g/mol. The number of amides is 2. The van der Waals surface area contributed by atoms with E-state index in [0.29, 0.717) is 22.3 Å². The SMILES string of the molecule is CCN(CC(=O)Nc1c(Cl)cccc1Cl)CC(=O)N(C)C(C)C. The molecule has 0 aliphatic rings. The molecule has 23 heavy (non-hydrogen) atoms. The number of halogens is 2. The van der Waals surface area contributed by atoms with E-state index in [4.69, 9.17) is 23.2 Å². The number of carbonyl (C=O) groups excluding carboxylic acids is 2. The molecule has 0 aromatic heterocycles. The fourth-order valence-corrected chi connectivity index (χ4v) is 2.36. The molecule has 1 aromatic rings. The second-order valence-corrected chi connectivity index (χ2v) is 6.36. The van der Waals surface area contributed by atoms with Gasteiger partial charge in [-0.2, -0.15) is 0 Å². The van der Waals surface area contributed by atoms with Crippen molar-refractivity contribution in [3.05, 3.63) is 28.2 Å². The molecule has 0 aliphatic heterocycles. The third kappa shape index (κ3) is 6.01. The second kappa shape index (κ2) is 9.11. The fraction of sp³-hybridized carbons (Fsp3) is 0.500. The number of nitrogens with zero attached hydrogens (tertiary/aromatic N) is 2. The van der Waals surface area contributed by atoms with Gasteiger partial charge in [-0.15, -0.1) is 0 Å². The van der Waals surface area contributed by atoms with Gasteiger partial charge in [0, 0.05) is 13.1 Å². The fourth-order valence-electron chi connectivity index (χ4n) is 1.87. The first-order valence-corrected chi connectivity index (χ1v) is 8.23. The van der Waals surface area contributed by atoms with E-state index in [1.165, 1.54) is 0 Å². The van der Waals surface area contributed by atoms with E-state index in [1.54, 1.807) is 35.0 Å². The van der Waals surface area contributed by atoms with Crippen LogP contribution in [0.15, 0.2) is 18.2 Å². The molecule has 0 spiro atoms. The van der Waals surface area contributed by atoms with Crippen LogP contribution in [0.25, 0.3) is 0 Å². The Kier molecular flexibility index (Phi) is 7.82. The third-order valence-electron chi connectivity index (χ3n) is 3.57. The van der Waals surface area contributed by atoms with Crippen LogP contribution in [0.1, 0.15) is 20.8 Å². The van der Waals surface area contributed by atoms with Crippen LogP contribution >= 0.6 is 23.2 Å². The molecule has 0 bridgehead atoms. The molecule has 2 amide bonds. The van der Waals surface area contributed by atoms with Crippen LogP contribution in [0.4, 0.5) is 5.69 Å². The molecule has 0 radical (unpaired) electrons. The average Bonchev–Trinajstić information content (AvgIpc) is 2.49. The summed E-state index contributed by atoms with van der Waals surface area (Å²) in [6, 6.07) is 5.14. The smallest absolute Gasteiger partial charge is 0.238 e. The zero-order valence-electron chi connectivity index (χ0n) is 13.9. The summed E-state index contributed by atoms with van der Waals surface area (Å²) >= 11 is 12.1. The normalized spacial score (nSPS) is 11.0. The monoisotopic (exact) mass is 359 g/mol. The molecule has 0 unspecified atom stereocenters. The molecule has 5 nitrogen and oxygen atoms in total. The van der Waals surface area contributed by atoms with Gasteiger partial charge in [0.25, 0.3) is 0 Å². The van der Waals surface area contributed by atoms with E-state index >= 15 is 0 Å². The summed E-state index contributed by atoms with van der Waals surface area (Å²) in [6.07, 6.45) is 0. The molecule has 0 fully saturated rings. The lowest BCUT2D eigenvalue weighted by Crippen LogP contribution is -2.43. The van der Waals surface area contributed by atoms with Crippen LogP contribution in [0.5, 0.6) is 0 Å². The standard InChI is InChI=1S/C16H23Cl2N3O2/c1-5-21(10-15(23)20(4)11(2)3)9-14(22)19-16-12(17)7-6-8-13(16)18/h6-8,11H,5,9-10H2,1-4H3,(H,19,22). The van der Waals surface area contributed by atoms with Gasteiger partial charge >= 0.3 is 0 Å². The highest BCUT2D eigenvalue weighted by Crippen LogP contribution is 2.29. The van der Waals surface area contributed by atoms with Crippen LogP contribution < -0.4 is 5.32 Å². The zero-order chi connectivity index (χ0) is 17.6. The minimum Gasteiger partial charge on any atom is -0.342 e. The maximum Gasteiger partial charge on any atom is 0.238 e. The van der Waals surface area contributed by atoms with Crippen molar-refractivity contribution in [2.75, 3.05) is 32.0 Å². The lowest BCUT2D eigenvalue weighted by atomic mass is 10.3. The van der Waals surface area contributed by atoms with E-state index in [2.05, 4.69) is 5.32 Å². The van der Waals surface area contributed by atoms with Crippen molar-refractivity contribution >= 4 is 40.7 Å². The van der Waals surface area contributed by atoms with Crippen molar-refractivity contribution in [2.45, 2.75) is 26.8 Å². The summed E-state index contributed by atoms with van der Waals surface area (Å²) in [5.74, 6) is -0.285. The highest BCUT2D eigenvalue weighted by molar-refractivity contribution is 6.39. The largest absolute Gasteiger partial charge is 0.342 e. The van der Waals surface area contributed by atoms with E-state index < -0.39 is 0 Å². The Morgan fingerprint density at radius 3 is 2.22 bits per heavy atom. The molecule has 0 saturated carbocycles. The molecule has 1 rings (SSSR count). The number of carbonyl (C=O) groups is 2. The predicted molar refractivity (Wildman–Crippen MR) is 95.1 cm³/mol. The van der Waals surface area contributed by atoms with Gasteiger partial charge in [0.05, 0.1) is 28.8 Å². The molecular formula is C16H23Cl2N3O2. The van der Waals surface area contributed by atoms with E-state index in [-0.39, 0.29) is 30.9 Å². The van der Waals surface area contributed by atoms with Gasteiger partial charge in [-0.05, 0) is 32.5 Å². The summed E-state index contributed by atoms with van der Waals surface area (Å²) in [5, 5.41) is 3.46. The van der Waals surface area contributed by atoms with Gasteiger partial charge < -0.3 is 10.2 Å². The van der Waals surface area contributed by atoms with Gasteiger partial charge in [0.15, 0.2) is 0 Å². The second-order valence-electron chi connectivity index (χ2n) is 5.55. The number of nitrogens with one attached hydrogen (secondary N) is 1. The summed E-state index contributed by atoms with van der Waals surface area (Å²) in [7, 11) is 1.75. The van der Waals surface area contributed by atoms with E-state index in [0.717, 1.165) is 0 Å². The minimum absolute atomic E-state index is 0.0228. The molecule has 0 aliphatic carbocycles. The molecule has 0 atom stereocenters. The molecule has 7 heteroatoms. The first-order valence-electron chi connectivity index (χ1n) is 7.48. The maximum atomic E-state index is 12.2. The number of likely N-dealkylation sites (N-methyl/N-ethyl adjacent to an activating group) is 2. The minimum atomic E-state index is -0.262. The summed E-state index contributed by atoms with van der Waals surface area (Å²) in [5.41, 5.74) is 0.391. The number of hydrogen-bond donors (Lipinski definition) is 1. The highest BCUT2D eigenvalue weighted by atomic mass is 35.5. The van der Waals surface area contributed by atoms with E-state index in [1.807, 2.05) is 20.8 Å². The first-order chi connectivity index (χ1) is 10.8. The zero-order valence-corrected chi connectivity index (χ0v) is 15.4. The lowest BCUT2D eigenvalue weighted by molar-refractivity contribution is -0.132. The van der Waals surface area contributed by atoms with Crippen molar-refractivity contribution in [3.63, 3.8) is 0 Å². The van der Waals surface area contributed by atoms with Crippen LogP contribution in [0.2, 0.25) is 10.0 Å². The van der Waals surface area contributed by atoms with Crippen LogP contribution in [-0.4, -0.2) is 54.3 Å². The quantitative estimate of drug-likeness (QED) is 0.813. The topological polar surface area (TPSA) is 52.7 Å². The number of hydrogen-bond acceptors (Lipinski definition) is 3. The van der Waals surface area contributed by atoms with Crippen LogP contribution in [0.3, 0.4) is 0 Å². The number of benzene rings is 1. The van der Waals surface area contributed by atoms with Crippen LogP contribution in [0, 0.1) is 0 Å². The van der Waals surface area contributed by atoms with Crippen molar-refractivity contribution in [2.24, 2.45) is 0 Å². The molecule has 1 aromatic carbocycles. The number of para-hydroxylation sites is 1. The Morgan fingerprint density at radius 1 is 1.17 bits per heavy atom. The van der Waals surface area contributed by atoms with Gasteiger partial charge in [-0.3, -0.25) is 14.5 Å². The third-order valence-corrected chi connectivity index (χ3v) is 4.20. The highest BCUT2D eigenvalue weighted by Gasteiger charge is 2.18. The molecular weight excluding hydrogens is 337 g/mol. The Labute approximate surface area is 147 Å². The number of anilines is 1. The van der Waals surface area contributed by atoms with Gasteiger partial charge in [0.2, 0.25) is 11.8 Å².